The maximum atomic E-state index is 12.5. The molecule has 2 aromatic rings. The summed E-state index contributed by atoms with van der Waals surface area (Å²) >= 11 is 0. The first-order chi connectivity index (χ1) is 13.5. The summed E-state index contributed by atoms with van der Waals surface area (Å²) in [5, 5.41) is 6.06. The second-order valence-electron chi connectivity index (χ2n) is 7.41. The maximum Gasteiger partial charge on any atom is 0.251 e. The third-order valence-corrected chi connectivity index (χ3v) is 5.23. The van der Waals surface area contributed by atoms with E-state index in [1.165, 1.54) is 19.3 Å². The fraction of sp³-hybridized carbons (Fsp3) is 0.391. The molecule has 148 valence electrons. The van der Waals surface area contributed by atoms with Gasteiger partial charge in [0.25, 0.3) is 5.91 Å². The molecule has 2 amide bonds. The van der Waals surface area contributed by atoms with E-state index in [1.807, 2.05) is 37.3 Å². The van der Waals surface area contributed by atoms with Crippen LogP contribution in [0.1, 0.15) is 53.6 Å². The third-order valence-electron chi connectivity index (χ3n) is 5.23. The number of methoxy groups -OCH3 is 1. The Morgan fingerprint density at radius 3 is 2.39 bits per heavy atom. The maximum absolute atomic E-state index is 12.5. The normalized spacial score (nSPS) is 14.4. The first-order valence-corrected chi connectivity index (χ1v) is 9.89. The molecule has 5 nitrogen and oxygen atoms in total. The van der Waals surface area contributed by atoms with E-state index >= 15 is 0 Å². The molecule has 0 bridgehead atoms. The van der Waals surface area contributed by atoms with Gasteiger partial charge in [-0.25, -0.2) is 0 Å². The van der Waals surface area contributed by atoms with Crippen molar-refractivity contribution in [1.82, 2.24) is 5.32 Å². The summed E-state index contributed by atoms with van der Waals surface area (Å²) in [6.07, 6.45) is 6.03. The van der Waals surface area contributed by atoms with Crippen molar-refractivity contribution in [2.24, 2.45) is 0 Å². The SMILES string of the molecule is COc1ccc(CC(=O)Nc2ccc(C(=O)NC3CCCCC3)cc2C)cc1. The molecular formula is C23H28N2O3. The second-order valence-corrected chi connectivity index (χ2v) is 7.41. The van der Waals surface area contributed by atoms with Crippen LogP contribution in [0.25, 0.3) is 0 Å². The summed E-state index contributed by atoms with van der Waals surface area (Å²) in [7, 11) is 1.61. The van der Waals surface area contributed by atoms with Crippen molar-refractivity contribution in [3.05, 3.63) is 59.2 Å². The van der Waals surface area contributed by atoms with E-state index in [-0.39, 0.29) is 24.3 Å². The average Bonchev–Trinajstić information content (AvgIpc) is 2.71. The standard InChI is InChI=1S/C23H28N2O3/c1-16-14-18(23(27)24-19-6-4-3-5-7-19)10-13-21(16)25-22(26)15-17-8-11-20(28-2)12-9-17/h8-14,19H,3-7,15H2,1-2H3,(H,24,27)(H,25,26). The molecule has 0 unspecified atom stereocenters. The Bertz CT molecular complexity index is 824. The van der Waals surface area contributed by atoms with Crippen LogP contribution in [0.4, 0.5) is 5.69 Å². The highest BCUT2D eigenvalue weighted by molar-refractivity contribution is 5.97. The zero-order valence-corrected chi connectivity index (χ0v) is 16.6. The summed E-state index contributed by atoms with van der Waals surface area (Å²) in [6.45, 7) is 1.90. The fourth-order valence-electron chi connectivity index (χ4n) is 3.58. The molecule has 28 heavy (non-hydrogen) atoms. The fourth-order valence-corrected chi connectivity index (χ4v) is 3.58. The lowest BCUT2D eigenvalue weighted by molar-refractivity contribution is -0.115. The molecule has 1 fully saturated rings. The molecule has 3 rings (SSSR count). The van der Waals surface area contributed by atoms with Crippen LogP contribution in [0.3, 0.4) is 0 Å². The quantitative estimate of drug-likeness (QED) is 0.787. The van der Waals surface area contributed by atoms with Gasteiger partial charge in [-0.1, -0.05) is 31.4 Å². The Labute approximate surface area is 166 Å². The molecule has 1 saturated carbocycles. The Hall–Kier alpha value is -2.82. The largest absolute Gasteiger partial charge is 0.497 e. The topological polar surface area (TPSA) is 67.4 Å². The summed E-state index contributed by atoms with van der Waals surface area (Å²) < 4.78 is 5.13. The predicted octanol–water partition coefficient (Wildman–Crippen LogP) is 4.25. The van der Waals surface area contributed by atoms with Crippen LogP contribution < -0.4 is 15.4 Å². The van der Waals surface area contributed by atoms with Crippen LogP contribution in [0.2, 0.25) is 0 Å². The zero-order chi connectivity index (χ0) is 19.9. The smallest absolute Gasteiger partial charge is 0.251 e. The Morgan fingerprint density at radius 1 is 1.04 bits per heavy atom. The summed E-state index contributed by atoms with van der Waals surface area (Å²) in [5.41, 5.74) is 3.16. The Kier molecular flexibility index (Phi) is 6.69. The second kappa shape index (κ2) is 9.40. The lowest BCUT2D eigenvalue weighted by Gasteiger charge is -2.23. The minimum atomic E-state index is -0.0901. The summed E-state index contributed by atoms with van der Waals surface area (Å²) in [4.78, 5) is 24.8. The first-order valence-electron chi connectivity index (χ1n) is 9.89. The van der Waals surface area contributed by atoms with E-state index in [9.17, 15) is 9.59 Å². The van der Waals surface area contributed by atoms with Crippen molar-refractivity contribution in [3.8, 4) is 5.75 Å². The molecule has 0 spiro atoms. The number of rotatable bonds is 6. The highest BCUT2D eigenvalue weighted by Gasteiger charge is 2.17. The number of anilines is 1. The molecule has 0 aliphatic heterocycles. The monoisotopic (exact) mass is 380 g/mol. The van der Waals surface area contributed by atoms with Crippen molar-refractivity contribution in [2.75, 3.05) is 12.4 Å². The molecule has 0 atom stereocenters. The van der Waals surface area contributed by atoms with Gasteiger partial charge in [0.2, 0.25) is 5.91 Å². The van der Waals surface area contributed by atoms with Gasteiger partial charge < -0.3 is 15.4 Å². The lowest BCUT2D eigenvalue weighted by Crippen LogP contribution is -2.36. The Balaban J connectivity index is 1.58. The van der Waals surface area contributed by atoms with Crippen LogP contribution in [0, 0.1) is 6.92 Å². The lowest BCUT2D eigenvalue weighted by atomic mass is 9.95. The van der Waals surface area contributed by atoms with Gasteiger partial charge in [0, 0.05) is 17.3 Å². The van der Waals surface area contributed by atoms with Gasteiger partial charge in [0.15, 0.2) is 0 Å². The number of carbonyl (C=O) groups excluding carboxylic acids is 2. The van der Waals surface area contributed by atoms with Crippen molar-refractivity contribution in [2.45, 2.75) is 51.5 Å². The molecule has 5 heteroatoms. The van der Waals surface area contributed by atoms with Gasteiger partial charge in [-0.15, -0.1) is 0 Å². The van der Waals surface area contributed by atoms with Gasteiger partial charge in [-0.3, -0.25) is 9.59 Å². The molecule has 0 heterocycles. The molecule has 2 N–H and O–H groups in total. The molecule has 0 saturated heterocycles. The molecular weight excluding hydrogens is 352 g/mol. The summed E-state index contributed by atoms with van der Waals surface area (Å²) in [6, 6.07) is 13.1. The van der Waals surface area contributed by atoms with E-state index in [2.05, 4.69) is 10.6 Å². The van der Waals surface area contributed by atoms with Gasteiger partial charge in [0.1, 0.15) is 5.75 Å². The van der Waals surface area contributed by atoms with Gasteiger partial charge >= 0.3 is 0 Å². The third kappa shape index (κ3) is 5.35. The predicted molar refractivity (Wildman–Crippen MR) is 111 cm³/mol. The minimum absolute atomic E-state index is 0.0360. The van der Waals surface area contributed by atoms with Crippen LogP contribution in [0.5, 0.6) is 5.75 Å². The molecule has 0 aromatic heterocycles. The van der Waals surface area contributed by atoms with Crippen LogP contribution in [-0.2, 0) is 11.2 Å². The number of aryl methyl sites for hydroxylation is 1. The average molecular weight is 380 g/mol. The van der Waals surface area contributed by atoms with Crippen molar-refractivity contribution in [1.29, 1.82) is 0 Å². The van der Waals surface area contributed by atoms with Gasteiger partial charge in [0.05, 0.1) is 13.5 Å². The number of benzene rings is 2. The van der Waals surface area contributed by atoms with E-state index in [1.54, 1.807) is 19.2 Å². The molecule has 1 aliphatic rings. The highest BCUT2D eigenvalue weighted by Crippen LogP contribution is 2.20. The van der Waals surface area contributed by atoms with Crippen LogP contribution in [-0.4, -0.2) is 25.0 Å². The number of amides is 2. The number of hydrogen-bond donors (Lipinski definition) is 2. The van der Waals surface area contributed by atoms with Crippen molar-refractivity contribution in [3.63, 3.8) is 0 Å². The number of nitrogens with one attached hydrogen (secondary N) is 2. The van der Waals surface area contributed by atoms with Crippen LogP contribution in [0.15, 0.2) is 42.5 Å². The van der Waals surface area contributed by atoms with Crippen molar-refractivity contribution < 1.29 is 14.3 Å². The number of carbonyl (C=O) groups is 2. The van der Waals surface area contributed by atoms with E-state index in [0.717, 1.165) is 35.4 Å². The minimum Gasteiger partial charge on any atom is -0.497 e. The van der Waals surface area contributed by atoms with Gasteiger partial charge in [-0.05, 0) is 61.2 Å². The number of hydrogen-bond acceptors (Lipinski definition) is 3. The number of ether oxygens (including phenoxy) is 1. The molecule has 2 aromatic carbocycles. The first kappa shape index (κ1) is 19.9. The van der Waals surface area contributed by atoms with Crippen molar-refractivity contribution >= 4 is 17.5 Å². The van der Waals surface area contributed by atoms with E-state index < -0.39 is 0 Å². The van der Waals surface area contributed by atoms with Gasteiger partial charge in [-0.2, -0.15) is 0 Å². The van der Waals surface area contributed by atoms with Crippen LogP contribution >= 0.6 is 0 Å². The molecule has 0 radical (unpaired) electrons. The summed E-state index contributed by atoms with van der Waals surface area (Å²) in [5.74, 6) is 0.640. The molecule has 1 aliphatic carbocycles. The zero-order valence-electron chi connectivity index (χ0n) is 16.6. The van der Waals surface area contributed by atoms with E-state index in [0.29, 0.717) is 5.56 Å². The highest BCUT2D eigenvalue weighted by atomic mass is 16.5. The Morgan fingerprint density at radius 2 is 1.75 bits per heavy atom. The van der Waals surface area contributed by atoms with E-state index in [4.69, 9.17) is 4.74 Å².